The summed E-state index contributed by atoms with van der Waals surface area (Å²) in [4.78, 5) is 15.4. The lowest BCUT2D eigenvalue weighted by Gasteiger charge is -2.29. The molecule has 4 rings (SSSR count). The molecule has 0 aromatic heterocycles. The van der Waals surface area contributed by atoms with Crippen molar-refractivity contribution in [1.82, 2.24) is 0 Å². The molecular weight excluding hydrogens is 390 g/mol. The summed E-state index contributed by atoms with van der Waals surface area (Å²) in [5.74, 6) is 1.48. The Bertz CT molecular complexity index is 853. The molecule has 154 valence electrons. The van der Waals surface area contributed by atoms with E-state index >= 15 is 0 Å². The standard InChI is InChI=1S/C22H26ClN3O3/c23-18-4-1-3-17(13-18)15-25-7-9-26(10-8-25)16-22(27)24-19-5-6-20-21(14-19)29-12-2-11-28-20/h1,3-6,13-14H,2,7-12,15-16H2,(H,24,27)/p+2. The maximum Gasteiger partial charge on any atom is 0.279 e. The van der Waals surface area contributed by atoms with E-state index in [1.807, 2.05) is 36.4 Å². The highest BCUT2D eigenvalue weighted by Gasteiger charge is 2.25. The first kappa shape index (κ1) is 20.0. The molecule has 2 aromatic rings. The molecule has 1 fully saturated rings. The van der Waals surface area contributed by atoms with Gasteiger partial charge in [0.25, 0.3) is 5.91 Å². The SMILES string of the molecule is O=C(C[NH+]1CC[NH+](Cc2cccc(Cl)c2)CC1)Nc1ccc2c(c1)OCCCO2. The second-order valence-electron chi connectivity index (χ2n) is 7.74. The van der Waals surface area contributed by atoms with Gasteiger partial charge in [-0.2, -0.15) is 0 Å². The van der Waals surface area contributed by atoms with Crippen LogP contribution in [-0.4, -0.2) is 51.8 Å². The van der Waals surface area contributed by atoms with Gasteiger partial charge < -0.3 is 24.6 Å². The summed E-state index contributed by atoms with van der Waals surface area (Å²) in [6.07, 6.45) is 0.866. The predicted octanol–water partition coefficient (Wildman–Crippen LogP) is 0.423. The third-order valence-electron chi connectivity index (χ3n) is 5.45. The van der Waals surface area contributed by atoms with Gasteiger partial charge in [0.2, 0.25) is 0 Å². The summed E-state index contributed by atoms with van der Waals surface area (Å²) >= 11 is 6.08. The third kappa shape index (κ3) is 5.63. The second kappa shape index (κ2) is 9.48. The van der Waals surface area contributed by atoms with Crippen LogP contribution in [0.5, 0.6) is 11.5 Å². The Balaban J connectivity index is 1.24. The molecule has 2 aliphatic rings. The zero-order chi connectivity index (χ0) is 20.1. The maximum absolute atomic E-state index is 12.5. The molecule has 0 spiro atoms. The zero-order valence-corrected chi connectivity index (χ0v) is 17.3. The summed E-state index contributed by atoms with van der Waals surface area (Å²) in [6.45, 7) is 6.85. The Morgan fingerprint density at radius 2 is 1.72 bits per heavy atom. The van der Waals surface area contributed by atoms with Crippen LogP contribution in [-0.2, 0) is 11.3 Å². The Labute approximate surface area is 176 Å². The highest BCUT2D eigenvalue weighted by atomic mass is 35.5. The summed E-state index contributed by atoms with van der Waals surface area (Å²) in [5.41, 5.74) is 2.02. The molecule has 0 saturated carbocycles. The van der Waals surface area contributed by atoms with E-state index in [-0.39, 0.29) is 5.91 Å². The number of benzene rings is 2. The van der Waals surface area contributed by atoms with Crippen molar-refractivity contribution < 1.29 is 24.1 Å². The van der Waals surface area contributed by atoms with E-state index in [0.29, 0.717) is 25.5 Å². The Morgan fingerprint density at radius 1 is 0.966 bits per heavy atom. The normalized spacial score (nSPS) is 21.3. The van der Waals surface area contributed by atoms with Gasteiger partial charge in [0.15, 0.2) is 18.0 Å². The molecule has 3 N–H and O–H groups in total. The van der Waals surface area contributed by atoms with E-state index in [9.17, 15) is 4.79 Å². The minimum Gasteiger partial charge on any atom is -0.490 e. The van der Waals surface area contributed by atoms with Crippen molar-refractivity contribution in [1.29, 1.82) is 0 Å². The van der Waals surface area contributed by atoms with Gasteiger partial charge in [-0.1, -0.05) is 23.7 Å². The van der Waals surface area contributed by atoms with Crippen LogP contribution in [0.2, 0.25) is 5.02 Å². The van der Waals surface area contributed by atoms with Gasteiger partial charge in [0, 0.05) is 28.8 Å². The average molecular weight is 418 g/mol. The maximum atomic E-state index is 12.5. The molecule has 1 amide bonds. The first-order chi connectivity index (χ1) is 14.2. The minimum atomic E-state index is 0.0350. The Hall–Kier alpha value is -2.28. The van der Waals surface area contributed by atoms with Crippen LogP contribution in [0.25, 0.3) is 0 Å². The highest BCUT2D eigenvalue weighted by Crippen LogP contribution is 2.32. The first-order valence-electron chi connectivity index (χ1n) is 10.3. The van der Waals surface area contributed by atoms with Gasteiger partial charge in [-0.05, 0) is 24.3 Å². The van der Waals surface area contributed by atoms with Crippen molar-refractivity contribution in [3.63, 3.8) is 0 Å². The second-order valence-corrected chi connectivity index (χ2v) is 8.18. The van der Waals surface area contributed by atoms with E-state index in [0.717, 1.165) is 55.6 Å². The fourth-order valence-electron chi connectivity index (χ4n) is 3.92. The number of hydrogen-bond donors (Lipinski definition) is 3. The molecule has 2 aliphatic heterocycles. The summed E-state index contributed by atoms with van der Waals surface area (Å²) < 4.78 is 11.3. The van der Waals surface area contributed by atoms with Crippen LogP contribution >= 0.6 is 11.6 Å². The number of hydrogen-bond acceptors (Lipinski definition) is 3. The number of quaternary nitrogens is 2. The molecular formula is C22H28ClN3O3+2. The number of rotatable bonds is 5. The zero-order valence-electron chi connectivity index (χ0n) is 16.5. The van der Waals surface area contributed by atoms with Gasteiger partial charge in [-0.25, -0.2) is 0 Å². The van der Waals surface area contributed by atoms with Crippen molar-refractivity contribution in [3.05, 3.63) is 53.1 Å². The molecule has 0 bridgehead atoms. The van der Waals surface area contributed by atoms with E-state index in [1.165, 1.54) is 10.5 Å². The van der Waals surface area contributed by atoms with Gasteiger partial charge in [-0.3, -0.25) is 4.79 Å². The minimum absolute atomic E-state index is 0.0350. The number of halogens is 1. The largest absolute Gasteiger partial charge is 0.490 e. The number of fused-ring (bicyclic) bond motifs is 1. The highest BCUT2D eigenvalue weighted by molar-refractivity contribution is 6.30. The summed E-state index contributed by atoms with van der Waals surface area (Å²) in [5, 5.41) is 3.79. The lowest BCUT2D eigenvalue weighted by atomic mass is 10.2. The monoisotopic (exact) mass is 417 g/mol. The number of carbonyl (C=O) groups is 1. The van der Waals surface area contributed by atoms with Gasteiger partial charge >= 0.3 is 0 Å². The van der Waals surface area contributed by atoms with Crippen LogP contribution in [0, 0.1) is 0 Å². The smallest absolute Gasteiger partial charge is 0.279 e. The third-order valence-corrected chi connectivity index (χ3v) is 5.68. The first-order valence-corrected chi connectivity index (χ1v) is 10.6. The molecule has 2 aromatic carbocycles. The number of carbonyl (C=O) groups excluding carboxylic acids is 1. The van der Waals surface area contributed by atoms with Crippen molar-refractivity contribution in [2.45, 2.75) is 13.0 Å². The molecule has 2 heterocycles. The number of amides is 1. The van der Waals surface area contributed by atoms with Crippen molar-refractivity contribution >= 4 is 23.2 Å². The topological polar surface area (TPSA) is 56.4 Å². The van der Waals surface area contributed by atoms with Crippen molar-refractivity contribution in [2.24, 2.45) is 0 Å². The van der Waals surface area contributed by atoms with Crippen LogP contribution < -0.4 is 24.6 Å². The lowest BCUT2D eigenvalue weighted by molar-refractivity contribution is -1.02. The molecule has 1 saturated heterocycles. The molecule has 0 unspecified atom stereocenters. The van der Waals surface area contributed by atoms with E-state index in [1.54, 1.807) is 4.90 Å². The van der Waals surface area contributed by atoms with Crippen molar-refractivity contribution in [3.8, 4) is 11.5 Å². The van der Waals surface area contributed by atoms with Crippen LogP contribution in [0.4, 0.5) is 5.69 Å². The molecule has 7 heteroatoms. The number of ether oxygens (including phenoxy) is 2. The van der Waals surface area contributed by atoms with Gasteiger partial charge in [0.05, 0.1) is 13.2 Å². The molecule has 29 heavy (non-hydrogen) atoms. The van der Waals surface area contributed by atoms with E-state index in [4.69, 9.17) is 21.1 Å². The number of nitrogens with one attached hydrogen (secondary N) is 3. The van der Waals surface area contributed by atoms with Crippen molar-refractivity contribution in [2.75, 3.05) is 51.3 Å². The van der Waals surface area contributed by atoms with Crippen LogP contribution in [0.3, 0.4) is 0 Å². The Kier molecular flexibility index (Phi) is 6.54. The quantitative estimate of drug-likeness (QED) is 0.661. The number of anilines is 1. The Morgan fingerprint density at radius 3 is 2.52 bits per heavy atom. The summed E-state index contributed by atoms with van der Waals surface area (Å²) in [6, 6.07) is 13.7. The lowest BCUT2D eigenvalue weighted by Crippen LogP contribution is -3.28. The van der Waals surface area contributed by atoms with Gasteiger partial charge in [-0.15, -0.1) is 0 Å². The summed E-state index contributed by atoms with van der Waals surface area (Å²) in [7, 11) is 0. The molecule has 6 nitrogen and oxygen atoms in total. The fourth-order valence-corrected chi connectivity index (χ4v) is 4.13. The average Bonchev–Trinajstić information content (AvgIpc) is 2.94. The van der Waals surface area contributed by atoms with Crippen LogP contribution in [0.1, 0.15) is 12.0 Å². The van der Waals surface area contributed by atoms with E-state index < -0.39 is 0 Å². The fraction of sp³-hybridized carbons (Fsp3) is 0.409. The molecule has 0 aliphatic carbocycles. The molecule has 0 atom stereocenters. The number of piperazine rings is 1. The van der Waals surface area contributed by atoms with Gasteiger partial charge in [0.1, 0.15) is 32.7 Å². The predicted molar refractivity (Wildman–Crippen MR) is 112 cm³/mol. The molecule has 0 radical (unpaired) electrons. The van der Waals surface area contributed by atoms with E-state index in [2.05, 4.69) is 11.4 Å². The van der Waals surface area contributed by atoms with Crippen LogP contribution in [0.15, 0.2) is 42.5 Å².